The highest BCUT2D eigenvalue weighted by Crippen LogP contribution is 2.21. The average Bonchev–Trinajstić information content (AvgIpc) is 2.61. The standard InChI is InChI=1S/C19H30FN3O.ClH/c1-15(23-13-9-17(10-14-23)7-11-21-2)19(24)22-12-8-16-3-5-18(20)6-4-16;/h3-6,15,17,21H,7-14H2,1-2H3,(H,22,24);1H. The third kappa shape index (κ3) is 7.30. The number of rotatable bonds is 8. The maximum atomic E-state index is 12.9. The van der Waals surface area contributed by atoms with Crippen LogP contribution in [0, 0.1) is 11.7 Å². The maximum Gasteiger partial charge on any atom is 0.237 e. The van der Waals surface area contributed by atoms with E-state index in [1.807, 2.05) is 14.0 Å². The average molecular weight is 372 g/mol. The molecule has 0 radical (unpaired) electrons. The molecule has 0 aromatic heterocycles. The van der Waals surface area contributed by atoms with Crippen LogP contribution in [0.1, 0.15) is 31.7 Å². The molecule has 1 atom stereocenters. The molecule has 1 aromatic rings. The molecule has 1 heterocycles. The monoisotopic (exact) mass is 371 g/mol. The highest BCUT2D eigenvalue weighted by Gasteiger charge is 2.26. The minimum atomic E-state index is -0.227. The lowest BCUT2D eigenvalue weighted by Crippen LogP contribution is -2.48. The number of amides is 1. The number of carbonyl (C=O) groups excluding carboxylic acids is 1. The number of nitrogens with zero attached hydrogens (tertiary/aromatic N) is 1. The molecule has 0 saturated carbocycles. The predicted octanol–water partition coefficient (Wildman–Crippen LogP) is 2.62. The molecule has 1 aromatic carbocycles. The zero-order chi connectivity index (χ0) is 17.4. The van der Waals surface area contributed by atoms with Gasteiger partial charge < -0.3 is 10.6 Å². The fourth-order valence-electron chi connectivity index (χ4n) is 3.27. The van der Waals surface area contributed by atoms with Gasteiger partial charge in [-0.3, -0.25) is 9.69 Å². The van der Waals surface area contributed by atoms with Crippen molar-refractivity contribution in [3.8, 4) is 0 Å². The molecule has 25 heavy (non-hydrogen) atoms. The summed E-state index contributed by atoms with van der Waals surface area (Å²) in [7, 11) is 1.99. The Morgan fingerprint density at radius 3 is 2.48 bits per heavy atom. The van der Waals surface area contributed by atoms with E-state index in [9.17, 15) is 9.18 Å². The Labute approximate surface area is 157 Å². The van der Waals surface area contributed by atoms with Crippen LogP contribution in [0.5, 0.6) is 0 Å². The lowest BCUT2D eigenvalue weighted by molar-refractivity contribution is -0.126. The van der Waals surface area contributed by atoms with E-state index in [4.69, 9.17) is 0 Å². The van der Waals surface area contributed by atoms with Crippen LogP contribution in [0.25, 0.3) is 0 Å². The van der Waals surface area contributed by atoms with Crippen molar-refractivity contribution in [2.75, 3.05) is 33.2 Å². The largest absolute Gasteiger partial charge is 0.354 e. The third-order valence-corrected chi connectivity index (χ3v) is 5.01. The molecule has 0 spiro atoms. The molecule has 1 unspecified atom stereocenters. The summed E-state index contributed by atoms with van der Waals surface area (Å²) in [6.45, 7) is 5.65. The first-order chi connectivity index (χ1) is 11.6. The summed E-state index contributed by atoms with van der Waals surface area (Å²) >= 11 is 0. The number of likely N-dealkylation sites (tertiary alicyclic amines) is 1. The Hall–Kier alpha value is -1.17. The maximum absolute atomic E-state index is 12.9. The summed E-state index contributed by atoms with van der Waals surface area (Å²) in [5, 5.41) is 6.21. The Morgan fingerprint density at radius 2 is 1.88 bits per heavy atom. The van der Waals surface area contributed by atoms with E-state index in [0.717, 1.165) is 37.5 Å². The molecule has 1 saturated heterocycles. The van der Waals surface area contributed by atoms with E-state index < -0.39 is 0 Å². The number of benzene rings is 1. The van der Waals surface area contributed by atoms with E-state index in [1.54, 1.807) is 12.1 Å². The van der Waals surface area contributed by atoms with Crippen molar-refractivity contribution in [1.82, 2.24) is 15.5 Å². The van der Waals surface area contributed by atoms with Gasteiger partial charge in [0.2, 0.25) is 5.91 Å². The van der Waals surface area contributed by atoms with Gasteiger partial charge in [-0.25, -0.2) is 4.39 Å². The molecule has 4 nitrogen and oxygen atoms in total. The van der Waals surface area contributed by atoms with Gasteiger partial charge in [0.1, 0.15) is 5.82 Å². The quantitative estimate of drug-likeness (QED) is 0.738. The molecule has 1 fully saturated rings. The van der Waals surface area contributed by atoms with Gasteiger partial charge in [-0.15, -0.1) is 12.4 Å². The molecule has 2 rings (SSSR count). The highest BCUT2D eigenvalue weighted by molar-refractivity contribution is 5.85. The van der Waals surface area contributed by atoms with Gasteiger partial charge in [-0.05, 0) is 82.9 Å². The topological polar surface area (TPSA) is 44.4 Å². The normalized spacial score (nSPS) is 16.9. The number of hydrogen-bond acceptors (Lipinski definition) is 3. The zero-order valence-electron chi connectivity index (χ0n) is 15.3. The first-order valence-corrected chi connectivity index (χ1v) is 9.01. The van der Waals surface area contributed by atoms with Crippen LogP contribution in [-0.2, 0) is 11.2 Å². The van der Waals surface area contributed by atoms with Gasteiger partial charge in [-0.1, -0.05) is 12.1 Å². The van der Waals surface area contributed by atoms with Crippen LogP contribution in [0.3, 0.4) is 0 Å². The molecule has 1 aliphatic heterocycles. The second-order valence-corrected chi connectivity index (χ2v) is 6.72. The Balaban J connectivity index is 0.00000312. The summed E-state index contributed by atoms with van der Waals surface area (Å²) in [6, 6.07) is 6.36. The van der Waals surface area contributed by atoms with Gasteiger partial charge in [-0.2, -0.15) is 0 Å². The molecule has 2 N–H and O–H groups in total. The molecular formula is C19H31ClFN3O. The molecular weight excluding hydrogens is 341 g/mol. The first kappa shape index (κ1) is 21.9. The molecule has 6 heteroatoms. The predicted molar refractivity (Wildman–Crippen MR) is 103 cm³/mol. The Bertz CT molecular complexity index is 504. The lowest BCUT2D eigenvalue weighted by atomic mass is 9.93. The third-order valence-electron chi connectivity index (χ3n) is 5.01. The summed E-state index contributed by atoms with van der Waals surface area (Å²) < 4.78 is 12.9. The number of nitrogens with one attached hydrogen (secondary N) is 2. The van der Waals surface area contributed by atoms with E-state index in [-0.39, 0.29) is 30.2 Å². The van der Waals surface area contributed by atoms with Crippen LogP contribution in [0.2, 0.25) is 0 Å². The van der Waals surface area contributed by atoms with E-state index >= 15 is 0 Å². The number of hydrogen-bond donors (Lipinski definition) is 2. The molecule has 1 aliphatic rings. The van der Waals surface area contributed by atoms with Gasteiger partial charge in [0.25, 0.3) is 0 Å². The van der Waals surface area contributed by atoms with Gasteiger partial charge >= 0.3 is 0 Å². The van der Waals surface area contributed by atoms with Crippen LogP contribution in [0.4, 0.5) is 4.39 Å². The van der Waals surface area contributed by atoms with Crippen molar-refractivity contribution in [3.05, 3.63) is 35.6 Å². The van der Waals surface area contributed by atoms with E-state index in [0.29, 0.717) is 6.54 Å². The SMILES string of the molecule is CNCCC1CCN(C(C)C(=O)NCCc2ccc(F)cc2)CC1.Cl. The van der Waals surface area contributed by atoms with Crippen molar-refractivity contribution in [2.45, 2.75) is 38.6 Å². The molecule has 1 amide bonds. The smallest absolute Gasteiger partial charge is 0.237 e. The number of halogens is 2. The van der Waals surface area contributed by atoms with E-state index in [1.165, 1.54) is 31.4 Å². The van der Waals surface area contributed by atoms with Crippen molar-refractivity contribution in [2.24, 2.45) is 5.92 Å². The fraction of sp³-hybridized carbons (Fsp3) is 0.632. The highest BCUT2D eigenvalue weighted by atomic mass is 35.5. The fourth-order valence-corrected chi connectivity index (χ4v) is 3.27. The van der Waals surface area contributed by atoms with Crippen LogP contribution >= 0.6 is 12.4 Å². The second-order valence-electron chi connectivity index (χ2n) is 6.72. The summed E-state index contributed by atoms with van der Waals surface area (Å²) in [4.78, 5) is 14.6. The van der Waals surface area contributed by atoms with Crippen molar-refractivity contribution < 1.29 is 9.18 Å². The first-order valence-electron chi connectivity index (χ1n) is 9.01. The summed E-state index contributed by atoms with van der Waals surface area (Å²) in [6.07, 6.45) is 4.30. The second kappa shape index (κ2) is 11.4. The minimum Gasteiger partial charge on any atom is -0.354 e. The Kier molecular flexibility index (Phi) is 10.0. The van der Waals surface area contributed by atoms with Crippen molar-refractivity contribution in [1.29, 1.82) is 0 Å². The van der Waals surface area contributed by atoms with Crippen molar-refractivity contribution in [3.63, 3.8) is 0 Å². The van der Waals surface area contributed by atoms with Gasteiger partial charge in [0.15, 0.2) is 0 Å². The molecule has 142 valence electrons. The molecule has 0 bridgehead atoms. The molecule has 0 aliphatic carbocycles. The summed E-state index contributed by atoms with van der Waals surface area (Å²) in [5.74, 6) is 0.641. The van der Waals surface area contributed by atoms with E-state index in [2.05, 4.69) is 15.5 Å². The van der Waals surface area contributed by atoms with Crippen LogP contribution in [-0.4, -0.2) is 50.1 Å². The van der Waals surface area contributed by atoms with Crippen LogP contribution in [0.15, 0.2) is 24.3 Å². The van der Waals surface area contributed by atoms with Gasteiger partial charge in [0.05, 0.1) is 6.04 Å². The number of piperidine rings is 1. The van der Waals surface area contributed by atoms with Crippen LogP contribution < -0.4 is 10.6 Å². The number of carbonyl (C=O) groups is 1. The lowest BCUT2D eigenvalue weighted by Gasteiger charge is -2.35. The zero-order valence-corrected chi connectivity index (χ0v) is 16.1. The van der Waals surface area contributed by atoms with Gasteiger partial charge in [0, 0.05) is 6.54 Å². The summed E-state index contributed by atoms with van der Waals surface area (Å²) in [5.41, 5.74) is 1.04. The van der Waals surface area contributed by atoms with Crippen molar-refractivity contribution >= 4 is 18.3 Å². The minimum absolute atomic E-state index is 0. The Morgan fingerprint density at radius 1 is 1.24 bits per heavy atom.